The number of amides is 1. The first-order valence-electron chi connectivity index (χ1n) is 6.97. The Morgan fingerprint density at radius 2 is 1.87 bits per heavy atom. The van der Waals surface area contributed by atoms with Crippen molar-refractivity contribution in [2.24, 2.45) is 5.73 Å². The van der Waals surface area contributed by atoms with Crippen LogP contribution in [0.15, 0.2) is 16.5 Å². The number of aryl methyl sites for hydroxylation is 2. The monoisotopic (exact) mass is 312 g/mol. The Morgan fingerprint density at radius 1 is 1.17 bits per heavy atom. The summed E-state index contributed by atoms with van der Waals surface area (Å²) in [7, 11) is 0. The van der Waals surface area contributed by atoms with Gasteiger partial charge in [-0.05, 0) is 36.6 Å². The smallest absolute Gasteiger partial charge is 0.269 e. The molecule has 23 heavy (non-hydrogen) atoms. The minimum absolute atomic E-state index is 0.0667. The SMILES string of the molecule is Cc1nc2nc(C(N)=O)c(N)c(-c3c(C)ccc(O)c3C)c2o1. The molecule has 0 spiro atoms. The Hall–Kier alpha value is -3.09. The lowest BCUT2D eigenvalue weighted by atomic mass is 9.93. The molecule has 0 aliphatic carbocycles. The van der Waals surface area contributed by atoms with Crippen LogP contribution in [0, 0.1) is 20.8 Å². The topological polar surface area (TPSA) is 128 Å². The molecular weight excluding hydrogens is 296 g/mol. The molecule has 0 bridgehead atoms. The number of nitrogen functional groups attached to an aromatic ring is 1. The first-order valence-corrected chi connectivity index (χ1v) is 6.97. The van der Waals surface area contributed by atoms with Crippen LogP contribution in [0.25, 0.3) is 22.4 Å². The summed E-state index contributed by atoms with van der Waals surface area (Å²) in [6.45, 7) is 5.31. The Labute approximate surface area is 131 Å². The van der Waals surface area contributed by atoms with Gasteiger partial charge in [-0.3, -0.25) is 4.79 Å². The summed E-state index contributed by atoms with van der Waals surface area (Å²) < 4.78 is 5.63. The molecule has 0 fully saturated rings. The van der Waals surface area contributed by atoms with Crippen LogP contribution < -0.4 is 11.5 Å². The van der Waals surface area contributed by atoms with Gasteiger partial charge in [0.05, 0.1) is 11.3 Å². The van der Waals surface area contributed by atoms with E-state index in [4.69, 9.17) is 15.9 Å². The van der Waals surface area contributed by atoms with Gasteiger partial charge >= 0.3 is 0 Å². The molecule has 3 aromatic rings. The Balaban J connectivity index is 2.53. The van der Waals surface area contributed by atoms with E-state index in [9.17, 15) is 9.90 Å². The molecule has 0 saturated heterocycles. The highest BCUT2D eigenvalue weighted by molar-refractivity contribution is 6.07. The van der Waals surface area contributed by atoms with Crippen molar-refractivity contribution in [1.29, 1.82) is 0 Å². The minimum atomic E-state index is -0.748. The van der Waals surface area contributed by atoms with Crippen LogP contribution in [0.3, 0.4) is 0 Å². The van der Waals surface area contributed by atoms with Gasteiger partial charge in [0.25, 0.3) is 5.91 Å². The van der Waals surface area contributed by atoms with Gasteiger partial charge in [-0.25, -0.2) is 4.98 Å². The molecule has 7 heteroatoms. The molecule has 2 heterocycles. The molecule has 0 radical (unpaired) electrons. The predicted molar refractivity (Wildman–Crippen MR) is 86.0 cm³/mol. The van der Waals surface area contributed by atoms with E-state index in [2.05, 4.69) is 9.97 Å². The fourth-order valence-electron chi connectivity index (χ4n) is 2.72. The molecule has 0 unspecified atom stereocenters. The number of phenolic OH excluding ortho intramolecular Hbond substituents is 1. The Bertz CT molecular complexity index is 960. The Morgan fingerprint density at radius 3 is 2.52 bits per heavy atom. The van der Waals surface area contributed by atoms with Crippen molar-refractivity contribution in [2.75, 3.05) is 5.73 Å². The third-order valence-electron chi connectivity index (χ3n) is 3.81. The van der Waals surface area contributed by atoms with Crippen LogP contribution in [0.2, 0.25) is 0 Å². The fourth-order valence-corrected chi connectivity index (χ4v) is 2.72. The number of oxazole rings is 1. The van der Waals surface area contributed by atoms with Gasteiger partial charge in [-0.15, -0.1) is 0 Å². The maximum Gasteiger partial charge on any atom is 0.269 e. The first-order chi connectivity index (χ1) is 10.8. The number of primary amides is 1. The number of hydrogen-bond donors (Lipinski definition) is 3. The molecule has 2 aromatic heterocycles. The highest BCUT2D eigenvalue weighted by Crippen LogP contribution is 2.41. The second kappa shape index (κ2) is 4.98. The number of nitrogens with zero attached hydrogens (tertiary/aromatic N) is 2. The molecule has 1 aromatic carbocycles. The number of aromatic nitrogens is 2. The Kier molecular flexibility index (Phi) is 3.21. The number of rotatable bonds is 2. The van der Waals surface area contributed by atoms with Gasteiger partial charge < -0.3 is 21.0 Å². The summed E-state index contributed by atoms with van der Waals surface area (Å²) in [5.41, 5.74) is 14.8. The van der Waals surface area contributed by atoms with Crippen molar-refractivity contribution < 1.29 is 14.3 Å². The normalized spacial score (nSPS) is 11.1. The van der Waals surface area contributed by atoms with Crippen molar-refractivity contribution in [3.63, 3.8) is 0 Å². The van der Waals surface area contributed by atoms with Crippen molar-refractivity contribution in [1.82, 2.24) is 9.97 Å². The zero-order valence-corrected chi connectivity index (χ0v) is 13.0. The molecule has 3 rings (SSSR count). The van der Waals surface area contributed by atoms with Crippen LogP contribution in [0.4, 0.5) is 5.69 Å². The van der Waals surface area contributed by atoms with Gasteiger partial charge in [0.2, 0.25) is 0 Å². The van der Waals surface area contributed by atoms with Crippen molar-refractivity contribution in [3.8, 4) is 16.9 Å². The quantitative estimate of drug-likeness (QED) is 0.665. The number of anilines is 1. The average molecular weight is 312 g/mol. The number of nitrogens with two attached hydrogens (primary N) is 2. The maximum absolute atomic E-state index is 11.7. The molecule has 0 atom stereocenters. The summed E-state index contributed by atoms with van der Waals surface area (Å²) >= 11 is 0. The number of hydrogen-bond acceptors (Lipinski definition) is 6. The maximum atomic E-state index is 11.7. The van der Waals surface area contributed by atoms with Crippen LogP contribution in [0.5, 0.6) is 5.75 Å². The average Bonchev–Trinajstić information content (AvgIpc) is 2.85. The predicted octanol–water partition coefficient (Wildman–Crippen LogP) is 2.20. The molecule has 7 nitrogen and oxygen atoms in total. The molecular formula is C16H16N4O3. The van der Waals surface area contributed by atoms with E-state index >= 15 is 0 Å². The largest absolute Gasteiger partial charge is 0.508 e. The number of fused-ring (bicyclic) bond motifs is 1. The van der Waals surface area contributed by atoms with Gasteiger partial charge in [0.1, 0.15) is 5.75 Å². The summed E-state index contributed by atoms with van der Waals surface area (Å²) in [5, 5.41) is 10.0. The molecule has 0 saturated carbocycles. The van der Waals surface area contributed by atoms with E-state index in [1.54, 1.807) is 26.0 Å². The third kappa shape index (κ3) is 2.17. The van der Waals surface area contributed by atoms with E-state index < -0.39 is 5.91 Å². The summed E-state index contributed by atoms with van der Waals surface area (Å²) in [6, 6.07) is 3.36. The molecule has 118 valence electrons. The summed E-state index contributed by atoms with van der Waals surface area (Å²) in [4.78, 5) is 19.9. The molecule has 5 N–H and O–H groups in total. The zero-order valence-electron chi connectivity index (χ0n) is 13.0. The van der Waals surface area contributed by atoms with E-state index in [-0.39, 0.29) is 22.8 Å². The number of carbonyl (C=O) groups excluding carboxylic acids is 1. The highest BCUT2D eigenvalue weighted by atomic mass is 16.3. The van der Waals surface area contributed by atoms with E-state index in [0.29, 0.717) is 28.2 Å². The number of pyridine rings is 1. The number of phenols is 1. The van der Waals surface area contributed by atoms with E-state index in [1.165, 1.54) is 0 Å². The van der Waals surface area contributed by atoms with Crippen molar-refractivity contribution >= 4 is 22.8 Å². The standard InChI is InChI=1S/C16H16N4O3/c1-6-4-5-9(21)7(2)10(6)11-12(17)13(15(18)22)20-16-14(11)23-8(3)19-16/h4-5,21H,17H2,1-3H3,(H2,18,22). The van der Waals surface area contributed by atoms with Gasteiger partial charge in [0.15, 0.2) is 22.8 Å². The lowest BCUT2D eigenvalue weighted by Crippen LogP contribution is -2.16. The third-order valence-corrected chi connectivity index (χ3v) is 3.81. The van der Waals surface area contributed by atoms with E-state index in [1.807, 2.05) is 6.92 Å². The van der Waals surface area contributed by atoms with Crippen LogP contribution >= 0.6 is 0 Å². The summed E-state index contributed by atoms with van der Waals surface area (Å²) in [6.07, 6.45) is 0. The van der Waals surface area contributed by atoms with Crippen molar-refractivity contribution in [2.45, 2.75) is 20.8 Å². The van der Waals surface area contributed by atoms with Gasteiger partial charge in [-0.2, -0.15) is 4.98 Å². The molecule has 1 amide bonds. The van der Waals surface area contributed by atoms with Gasteiger partial charge in [0, 0.05) is 6.92 Å². The zero-order chi connectivity index (χ0) is 16.9. The van der Waals surface area contributed by atoms with Crippen molar-refractivity contribution in [3.05, 3.63) is 34.8 Å². The van der Waals surface area contributed by atoms with Crippen LogP contribution in [-0.4, -0.2) is 21.0 Å². The van der Waals surface area contributed by atoms with Gasteiger partial charge in [-0.1, -0.05) is 6.07 Å². The number of carbonyl (C=O) groups is 1. The van der Waals surface area contributed by atoms with Crippen LogP contribution in [0.1, 0.15) is 27.5 Å². The fraction of sp³-hybridized carbons (Fsp3) is 0.188. The van der Waals surface area contributed by atoms with Crippen LogP contribution in [-0.2, 0) is 0 Å². The second-order valence-electron chi connectivity index (χ2n) is 5.40. The number of aromatic hydroxyl groups is 1. The lowest BCUT2D eigenvalue weighted by Gasteiger charge is -2.15. The molecule has 0 aliphatic heterocycles. The highest BCUT2D eigenvalue weighted by Gasteiger charge is 2.24. The molecule has 0 aliphatic rings. The minimum Gasteiger partial charge on any atom is -0.508 e. The number of benzene rings is 1. The second-order valence-corrected chi connectivity index (χ2v) is 5.40. The lowest BCUT2D eigenvalue weighted by molar-refractivity contribution is 0.0997. The summed E-state index contributed by atoms with van der Waals surface area (Å²) in [5.74, 6) is -0.237. The first kappa shape index (κ1) is 14.8. The van der Waals surface area contributed by atoms with E-state index in [0.717, 1.165) is 5.56 Å².